The van der Waals surface area contributed by atoms with Crippen LogP contribution in [0.2, 0.25) is 5.02 Å². The Balaban J connectivity index is 0.677. The zero-order valence-electron chi connectivity index (χ0n) is 49.1. The number of hydrogen-bond acceptors (Lipinski definition) is 15. The second kappa shape index (κ2) is 26.2. The number of imide groups is 2. The van der Waals surface area contributed by atoms with E-state index in [2.05, 4.69) is 66.0 Å². The number of hydrogen-bond donors (Lipinski definition) is 4. The Morgan fingerprint density at radius 1 is 0.874 bits per heavy atom. The molecule has 0 saturated carbocycles. The first kappa shape index (κ1) is 60.7. The highest BCUT2D eigenvalue weighted by molar-refractivity contribution is 7.90. The van der Waals surface area contributed by atoms with Gasteiger partial charge in [0.2, 0.25) is 11.8 Å². The number of nitrogens with zero attached hydrogens (tertiary/aromatic N) is 6. The zero-order valence-corrected chi connectivity index (χ0v) is 50.7. The monoisotopic (exact) mass is 1220 g/mol. The number of carbonyl (C=O) groups excluding carboxylic acids is 5. The maximum Gasteiger partial charge on any atom is 0.293 e. The normalized spacial score (nSPS) is 19.3. The lowest BCUT2D eigenvalue weighted by molar-refractivity contribution is -0.384. The third-order valence-corrected chi connectivity index (χ3v) is 19.3. The number of likely N-dealkylation sites (tertiary alicyclic amines) is 1. The number of nitro groups is 1. The fourth-order valence-electron chi connectivity index (χ4n) is 12.9. The van der Waals surface area contributed by atoms with E-state index in [4.69, 9.17) is 16.3 Å². The van der Waals surface area contributed by atoms with Gasteiger partial charge in [0.1, 0.15) is 28.9 Å². The highest BCUT2D eigenvalue weighted by atomic mass is 35.5. The Labute approximate surface area is 511 Å². The molecule has 0 bridgehead atoms. The number of piperidine rings is 2. The second-order valence-electron chi connectivity index (χ2n) is 24.4. The van der Waals surface area contributed by atoms with Crippen molar-refractivity contribution in [2.45, 2.75) is 108 Å². The lowest BCUT2D eigenvalue weighted by Crippen LogP contribution is -2.54. The van der Waals surface area contributed by atoms with E-state index in [-0.39, 0.29) is 41.2 Å². The summed E-state index contributed by atoms with van der Waals surface area (Å²) in [5.41, 5.74) is 6.80. The van der Waals surface area contributed by atoms with Crippen LogP contribution in [0.4, 0.5) is 17.1 Å². The van der Waals surface area contributed by atoms with Crippen molar-refractivity contribution in [3.63, 3.8) is 0 Å². The van der Waals surface area contributed by atoms with Crippen molar-refractivity contribution in [1.29, 1.82) is 0 Å². The number of sulfonamides is 1. The number of nitrogens with one attached hydrogen (secondary N) is 4. The van der Waals surface area contributed by atoms with E-state index in [0.717, 1.165) is 136 Å². The average molecular weight is 1220 g/mol. The highest BCUT2D eigenvalue weighted by Gasteiger charge is 2.45. The predicted octanol–water partition coefficient (Wildman–Crippen LogP) is 10.5. The van der Waals surface area contributed by atoms with Crippen LogP contribution in [-0.2, 0) is 26.0 Å². The van der Waals surface area contributed by atoms with Crippen LogP contribution in [-0.4, -0.2) is 132 Å². The number of benzene rings is 4. The zero-order chi connectivity index (χ0) is 61.0. The molecule has 5 amide bonds. The highest BCUT2D eigenvalue weighted by Crippen LogP contribution is 2.44. The van der Waals surface area contributed by atoms with Gasteiger partial charge in [-0.05, 0) is 154 Å². The number of rotatable bonds is 22. The summed E-state index contributed by atoms with van der Waals surface area (Å²) in [6.45, 7) is 11.6. The topological polar surface area (TPSA) is 250 Å². The van der Waals surface area contributed by atoms with Crippen LogP contribution in [0.25, 0.3) is 16.6 Å². The molecule has 5 aliphatic rings. The van der Waals surface area contributed by atoms with E-state index in [1.165, 1.54) is 35.0 Å². The predicted molar refractivity (Wildman–Crippen MR) is 333 cm³/mol. The van der Waals surface area contributed by atoms with Gasteiger partial charge in [-0.2, -0.15) is 0 Å². The number of aryl methyl sites for hydroxylation is 1. The molecule has 2 atom stereocenters. The standard InChI is InChI=1S/C65H73ClN10O10S/c1-65(2)26-24-46(53(37-65)43-14-16-47(66)17-15-43)41-73-30-32-74(33-31-73)48-18-20-51(57(35-48)86-49-34-45-25-27-67-60(45)69-39-49)61(78)71-87(84,85)50-19-21-54(56(36-50)76(82)83)68-38-42-10-9-29-72(40-42)28-7-5-3-4-6-11-44-12-8-13-52-59(44)64(81)75(63(52)80)55-22-23-58(77)70-62(55)79/h8,12-21,25,27,34-36,39,42,55,68H,3-7,9-11,22-24,26,28-33,37-38,40-41H2,1-2H3,(H,67,69)(H,71,78)(H,70,77,79). The van der Waals surface area contributed by atoms with Crippen LogP contribution < -0.4 is 25.0 Å². The van der Waals surface area contributed by atoms with E-state index in [1.54, 1.807) is 42.6 Å². The van der Waals surface area contributed by atoms with Crippen molar-refractivity contribution in [1.82, 2.24) is 34.7 Å². The summed E-state index contributed by atoms with van der Waals surface area (Å²) < 4.78 is 36.6. The minimum atomic E-state index is -4.64. The number of H-pyrrole nitrogens is 1. The number of unbranched alkanes of at least 4 members (excludes halogenated alkanes) is 4. The maximum atomic E-state index is 14.2. The van der Waals surface area contributed by atoms with Gasteiger partial charge in [-0.3, -0.25) is 49.2 Å². The van der Waals surface area contributed by atoms with Crippen molar-refractivity contribution < 1.29 is 42.1 Å². The largest absolute Gasteiger partial charge is 0.455 e. The number of nitro benzene ring substituents is 1. The summed E-state index contributed by atoms with van der Waals surface area (Å²) in [6, 6.07) is 24.6. The number of aromatic nitrogens is 2. The van der Waals surface area contributed by atoms with Gasteiger partial charge < -0.3 is 24.8 Å². The summed E-state index contributed by atoms with van der Waals surface area (Å²) in [5.74, 6) is -2.38. The minimum absolute atomic E-state index is 0.0585. The summed E-state index contributed by atoms with van der Waals surface area (Å²) in [5, 5.41) is 19.5. The van der Waals surface area contributed by atoms with Crippen LogP contribution in [0.1, 0.15) is 133 Å². The lowest BCUT2D eigenvalue weighted by Gasteiger charge is -2.39. The van der Waals surface area contributed by atoms with E-state index < -0.39 is 61.1 Å². The molecule has 2 unspecified atom stereocenters. The van der Waals surface area contributed by atoms with Crippen LogP contribution in [0, 0.1) is 21.4 Å². The van der Waals surface area contributed by atoms with Crippen molar-refractivity contribution in [2.24, 2.45) is 11.3 Å². The van der Waals surface area contributed by atoms with Gasteiger partial charge in [0.25, 0.3) is 33.4 Å². The molecule has 0 radical (unpaired) electrons. The number of aromatic amines is 1. The summed E-state index contributed by atoms with van der Waals surface area (Å²) in [6.07, 6.45) is 13.8. The molecule has 20 nitrogen and oxygen atoms in total. The molecule has 3 fully saturated rings. The van der Waals surface area contributed by atoms with Gasteiger partial charge in [-0.1, -0.05) is 74.5 Å². The second-order valence-corrected chi connectivity index (χ2v) is 26.5. The molecule has 6 heterocycles. The number of anilines is 2. The van der Waals surface area contributed by atoms with Crippen LogP contribution >= 0.6 is 11.6 Å². The average Bonchev–Trinajstić information content (AvgIpc) is 2.10. The SMILES string of the molecule is CC1(C)CCC(CN2CCN(c3ccc(C(=O)NS(=O)(=O)c4ccc(NCC5CCCN(CCCCCCCc6cccc7c6C(=O)N(C6CCC(=O)NC6=O)C7=O)C5)c([N+](=O)[O-])c4)c(Oc4cnc5[nH]ccc5c4)c3)CC2)=C(c2ccc(Cl)cc2)C1. The number of halogens is 1. The fourth-order valence-corrected chi connectivity index (χ4v) is 14.1. The van der Waals surface area contributed by atoms with Crippen molar-refractivity contribution in [2.75, 3.05) is 69.1 Å². The molecule has 3 saturated heterocycles. The number of fused-ring (bicyclic) bond motifs is 2. The minimum Gasteiger partial charge on any atom is -0.455 e. The van der Waals surface area contributed by atoms with Gasteiger partial charge in [0.05, 0.1) is 32.7 Å². The molecule has 4 N–H and O–H groups in total. The van der Waals surface area contributed by atoms with Gasteiger partial charge in [-0.15, -0.1) is 0 Å². The first-order valence-corrected chi connectivity index (χ1v) is 32.1. The molecule has 1 aliphatic carbocycles. The Kier molecular flexibility index (Phi) is 18.2. The molecule has 22 heteroatoms. The van der Waals surface area contributed by atoms with Gasteiger partial charge in [0.15, 0.2) is 0 Å². The molecule has 2 aromatic heterocycles. The molecule has 4 aromatic carbocycles. The third-order valence-electron chi connectivity index (χ3n) is 17.7. The first-order chi connectivity index (χ1) is 41.9. The Hall–Kier alpha value is -7.98. The van der Waals surface area contributed by atoms with E-state index >= 15 is 0 Å². The molecule has 87 heavy (non-hydrogen) atoms. The molecular formula is C65H73ClN10O10S. The van der Waals surface area contributed by atoms with Crippen LogP contribution in [0.15, 0.2) is 114 Å². The lowest BCUT2D eigenvalue weighted by atomic mass is 9.72. The third kappa shape index (κ3) is 14.1. The van der Waals surface area contributed by atoms with Crippen LogP contribution in [0.5, 0.6) is 11.5 Å². The number of ether oxygens (including phenoxy) is 1. The Morgan fingerprint density at radius 2 is 1.67 bits per heavy atom. The Morgan fingerprint density at radius 3 is 2.46 bits per heavy atom. The molecular weight excluding hydrogens is 1150 g/mol. The summed E-state index contributed by atoms with van der Waals surface area (Å²) in [7, 11) is -4.64. The van der Waals surface area contributed by atoms with Gasteiger partial charge in [-0.25, -0.2) is 18.1 Å². The number of carbonyl (C=O) groups is 5. The molecule has 11 rings (SSSR count). The summed E-state index contributed by atoms with van der Waals surface area (Å²) >= 11 is 6.27. The van der Waals surface area contributed by atoms with Crippen molar-refractivity contribution in [3.8, 4) is 11.5 Å². The van der Waals surface area contributed by atoms with Crippen molar-refractivity contribution in [3.05, 3.63) is 152 Å². The molecule has 0 spiro atoms. The number of allylic oxidation sites excluding steroid dienone is 1. The number of piperazine rings is 1. The molecule has 6 aromatic rings. The van der Waals surface area contributed by atoms with Crippen LogP contribution in [0.3, 0.4) is 0 Å². The fraction of sp³-hybridized carbons (Fsp3) is 0.415. The number of pyridine rings is 1. The summed E-state index contributed by atoms with van der Waals surface area (Å²) in [4.78, 5) is 92.3. The Bertz CT molecular complexity index is 3790. The van der Waals surface area contributed by atoms with Crippen molar-refractivity contribution >= 4 is 84.8 Å². The van der Waals surface area contributed by atoms with Gasteiger partial charge >= 0.3 is 0 Å². The molecule has 456 valence electrons. The first-order valence-electron chi connectivity index (χ1n) is 30.2. The van der Waals surface area contributed by atoms with E-state index in [9.17, 15) is 42.5 Å². The van der Waals surface area contributed by atoms with Gasteiger partial charge in [0, 0.05) is 86.7 Å². The maximum absolute atomic E-state index is 14.2. The number of amides is 5. The molecule has 4 aliphatic heterocycles. The quantitative estimate of drug-likeness (QED) is 0.0214. The van der Waals surface area contributed by atoms with E-state index in [0.29, 0.717) is 48.6 Å². The smallest absolute Gasteiger partial charge is 0.293 e. The van der Waals surface area contributed by atoms with E-state index in [1.807, 2.05) is 24.3 Å².